The van der Waals surface area contributed by atoms with Gasteiger partial charge in [0.2, 0.25) is 0 Å². The summed E-state index contributed by atoms with van der Waals surface area (Å²) in [5.74, 6) is -0.330. The van der Waals surface area contributed by atoms with Crippen LogP contribution in [0.25, 0.3) is 21.1 Å². The predicted octanol–water partition coefficient (Wildman–Crippen LogP) is 5.17. The van der Waals surface area contributed by atoms with Crippen LogP contribution >= 0.6 is 11.3 Å². The molecular formula is C26H26FN5OS. The van der Waals surface area contributed by atoms with Crippen LogP contribution in [-0.2, 0) is 6.42 Å². The van der Waals surface area contributed by atoms with Gasteiger partial charge in [-0.3, -0.25) is 9.89 Å². The molecule has 1 aliphatic heterocycles. The van der Waals surface area contributed by atoms with Crippen LogP contribution in [-0.4, -0.2) is 52.2 Å². The van der Waals surface area contributed by atoms with E-state index in [4.69, 9.17) is 4.98 Å². The molecule has 4 aromatic rings. The Morgan fingerprint density at radius 1 is 1.06 bits per heavy atom. The van der Waals surface area contributed by atoms with E-state index in [0.717, 1.165) is 38.9 Å². The second kappa shape index (κ2) is 9.38. The fourth-order valence-corrected chi connectivity index (χ4v) is 5.22. The molecule has 34 heavy (non-hydrogen) atoms. The van der Waals surface area contributed by atoms with Gasteiger partial charge >= 0.3 is 0 Å². The van der Waals surface area contributed by atoms with E-state index in [-0.39, 0.29) is 11.7 Å². The lowest BCUT2D eigenvalue weighted by Gasteiger charge is -2.35. The molecule has 1 aliphatic rings. The zero-order chi connectivity index (χ0) is 23.7. The van der Waals surface area contributed by atoms with Crippen molar-refractivity contribution >= 4 is 22.9 Å². The van der Waals surface area contributed by atoms with Gasteiger partial charge < -0.3 is 9.80 Å². The highest BCUT2D eigenvalue weighted by atomic mass is 32.1. The molecule has 5 rings (SSSR count). The number of H-pyrrole nitrogens is 1. The molecule has 1 N–H and O–H groups in total. The first-order chi connectivity index (χ1) is 16.5. The van der Waals surface area contributed by atoms with Gasteiger partial charge in [-0.1, -0.05) is 31.2 Å². The second-order valence-corrected chi connectivity index (χ2v) is 9.41. The second-order valence-electron chi connectivity index (χ2n) is 8.41. The number of hydrogen-bond donors (Lipinski definition) is 1. The normalized spacial score (nSPS) is 14.0. The quantitative estimate of drug-likeness (QED) is 0.432. The lowest BCUT2D eigenvalue weighted by Crippen LogP contribution is -2.48. The number of hydrogen-bond acceptors (Lipinski definition) is 5. The number of aromatic nitrogens is 3. The molecule has 1 amide bonds. The van der Waals surface area contributed by atoms with Gasteiger partial charge in [0.15, 0.2) is 5.69 Å². The molecule has 0 spiro atoms. The molecule has 0 unspecified atom stereocenters. The monoisotopic (exact) mass is 475 g/mol. The van der Waals surface area contributed by atoms with Crippen LogP contribution in [0.2, 0.25) is 0 Å². The van der Waals surface area contributed by atoms with Crippen molar-refractivity contribution in [3.05, 3.63) is 77.4 Å². The summed E-state index contributed by atoms with van der Waals surface area (Å²) in [6.07, 6.45) is 1.01. The van der Waals surface area contributed by atoms with Crippen molar-refractivity contribution in [1.82, 2.24) is 20.1 Å². The smallest absolute Gasteiger partial charge is 0.274 e. The van der Waals surface area contributed by atoms with Crippen molar-refractivity contribution in [2.75, 3.05) is 31.1 Å². The summed E-state index contributed by atoms with van der Waals surface area (Å²) in [6, 6.07) is 16.8. The van der Waals surface area contributed by atoms with Gasteiger partial charge in [0, 0.05) is 37.4 Å². The van der Waals surface area contributed by atoms with Gasteiger partial charge in [-0.05, 0) is 49.2 Å². The molecule has 2 aromatic heterocycles. The van der Waals surface area contributed by atoms with Crippen molar-refractivity contribution in [3.8, 4) is 21.1 Å². The van der Waals surface area contributed by atoms with Gasteiger partial charge in [0.25, 0.3) is 5.91 Å². The van der Waals surface area contributed by atoms with Gasteiger partial charge in [-0.2, -0.15) is 5.10 Å². The summed E-state index contributed by atoms with van der Waals surface area (Å²) >= 11 is 1.60. The van der Waals surface area contributed by atoms with Crippen LogP contribution in [0.15, 0.2) is 54.6 Å². The summed E-state index contributed by atoms with van der Waals surface area (Å²) < 4.78 is 13.2. The van der Waals surface area contributed by atoms with Gasteiger partial charge in [0.05, 0.1) is 16.3 Å². The molecule has 0 saturated carbocycles. The van der Waals surface area contributed by atoms with Crippen LogP contribution in [0, 0.1) is 12.7 Å². The number of rotatable bonds is 5. The Morgan fingerprint density at radius 3 is 2.44 bits per heavy atom. The SMILES string of the molecule is CCc1ccc(-c2nc(C)c(-c3cc(C(=O)N4CCN(c5ccc(F)cc5)CC4)n[nH]3)s2)cc1. The Balaban J connectivity index is 1.27. The molecule has 1 saturated heterocycles. The first-order valence-corrected chi connectivity index (χ1v) is 12.3. The average molecular weight is 476 g/mol. The highest BCUT2D eigenvalue weighted by Crippen LogP contribution is 2.34. The summed E-state index contributed by atoms with van der Waals surface area (Å²) in [7, 11) is 0. The molecule has 0 radical (unpaired) electrons. The molecule has 0 atom stereocenters. The number of nitrogens with zero attached hydrogens (tertiary/aromatic N) is 4. The summed E-state index contributed by atoms with van der Waals surface area (Å²) in [5, 5.41) is 8.29. The molecule has 6 nitrogen and oxygen atoms in total. The Kier molecular flexibility index (Phi) is 6.15. The first kappa shape index (κ1) is 22.3. The van der Waals surface area contributed by atoms with Crippen LogP contribution in [0.3, 0.4) is 0 Å². The molecule has 2 aromatic carbocycles. The standard InChI is InChI=1S/C26H26FN5OS/c1-3-18-4-6-19(7-5-18)25-28-17(2)24(34-25)22-16-23(30-29-22)26(33)32-14-12-31(13-15-32)21-10-8-20(27)9-11-21/h4-11,16H,3,12-15H2,1-2H3,(H,29,30). The van der Waals surface area contributed by atoms with E-state index in [1.165, 1.54) is 17.7 Å². The minimum atomic E-state index is -0.246. The van der Waals surface area contributed by atoms with E-state index in [9.17, 15) is 9.18 Å². The Morgan fingerprint density at radius 2 is 1.76 bits per heavy atom. The minimum Gasteiger partial charge on any atom is -0.368 e. The third-order valence-electron chi connectivity index (χ3n) is 6.21. The van der Waals surface area contributed by atoms with Crippen molar-refractivity contribution in [2.24, 2.45) is 0 Å². The average Bonchev–Trinajstić information content (AvgIpc) is 3.51. The van der Waals surface area contributed by atoms with Crippen LogP contribution in [0.1, 0.15) is 28.7 Å². The lowest BCUT2D eigenvalue weighted by atomic mass is 10.1. The van der Waals surface area contributed by atoms with Gasteiger partial charge in [0.1, 0.15) is 10.8 Å². The fraction of sp³-hybridized carbons (Fsp3) is 0.269. The predicted molar refractivity (Wildman–Crippen MR) is 134 cm³/mol. The molecule has 3 heterocycles. The molecule has 0 aliphatic carbocycles. The van der Waals surface area contributed by atoms with Crippen molar-refractivity contribution in [3.63, 3.8) is 0 Å². The van der Waals surface area contributed by atoms with Crippen LogP contribution < -0.4 is 4.90 Å². The van der Waals surface area contributed by atoms with Crippen LogP contribution in [0.4, 0.5) is 10.1 Å². The molecule has 0 bridgehead atoms. The first-order valence-electron chi connectivity index (χ1n) is 11.4. The van der Waals surface area contributed by atoms with Gasteiger partial charge in [-0.15, -0.1) is 11.3 Å². The summed E-state index contributed by atoms with van der Waals surface area (Å²) in [5.41, 5.74) is 5.48. The van der Waals surface area contributed by atoms with E-state index < -0.39 is 0 Å². The maximum atomic E-state index is 13.2. The number of nitrogens with one attached hydrogen (secondary N) is 1. The van der Waals surface area contributed by atoms with Crippen molar-refractivity contribution < 1.29 is 9.18 Å². The van der Waals surface area contributed by atoms with E-state index in [2.05, 4.69) is 46.3 Å². The Labute approximate surface area is 202 Å². The third kappa shape index (κ3) is 4.46. The number of benzene rings is 2. The number of aromatic amines is 1. The Hall–Kier alpha value is -3.52. The number of carbonyl (C=O) groups is 1. The number of halogens is 1. The fourth-order valence-electron chi connectivity index (χ4n) is 4.18. The molecule has 1 fully saturated rings. The summed E-state index contributed by atoms with van der Waals surface area (Å²) in [6.45, 7) is 6.70. The van der Waals surface area contributed by atoms with E-state index in [0.29, 0.717) is 31.9 Å². The number of aryl methyl sites for hydroxylation is 2. The van der Waals surface area contributed by atoms with Crippen molar-refractivity contribution in [2.45, 2.75) is 20.3 Å². The largest absolute Gasteiger partial charge is 0.368 e. The highest BCUT2D eigenvalue weighted by Gasteiger charge is 2.25. The minimum absolute atomic E-state index is 0.0844. The maximum Gasteiger partial charge on any atom is 0.274 e. The zero-order valence-corrected chi connectivity index (χ0v) is 20.0. The maximum absolute atomic E-state index is 13.2. The van der Waals surface area contributed by atoms with Crippen molar-refractivity contribution in [1.29, 1.82) is 0 Å². The zero-order valence-electron chi connectivity index (χ0n) is 19.2. The third-order valence-corrected chi connectivity index (χ3v) is 7.45. The van der Waals surface area contributed by atoms with E-state index in [1.54, 1.807) is 23.5 Å². The van der Waals surface area contributed by atoms with E-state index in [1.807, 2.05) is 17.9 Å². The van der Waals surface area contributed by atoms with E-state index >= 15 is 0 Å². The summed E-state index contributed by atoms with van der Waals surface area (Å²) in [4.78, 5) is 22.8. The van der Waals surface area contributed by atoms with Gasteiger partial charge in [-0.25, -0.2) is 9.37 Å². The number of carbonyl (C=O) groups excluding carboxylic acids is 1. The molecule has 174 valence electrons. The number of piperazine rings is 1. The number of thiazole rings is 1. The highest BCUT2D eigenvalue weighted by molar-refractivity contribution is 7.18. The van der Waals surface area contributed by atoms with Crippen LogP contribution in [0.5, 0.6) is 0 Å². The molecule has 8 heteroatoms. The molecular weight excluding hydrogens is 449 g/mol. The Bertz CT molecular complexity index is 1290. The number of amides is 1. The number of anilines is 1. The topological polar surface area (TPSA) is 65.1 Å². The lowest BCUT2D eigenvalue weighted by molar-refractivity contribution is 0.0741.